The number of aliphatic imine (C=N–C) groups is 1. The van der Waals surface area contributed by atoms with E-state index in [1.54, 1.807) is 0 Å². The van der Waals surface area contributed by atoms with Crippen LogP contribution in [0.4, 0.5) is 0 Å². The number of carbonyl (C=O) groups is 1. The quantitative estimate of drug-likeness (QED) is 0.468. The van der Waals surface area contributed by atoms with E-state index in [0.717, 1.165) is 16.9 Å². The molecule has 1 amide bonds. The summed E-state index contributed by atoms with van der Waals surface area (Å²) in [6.07, 6.45) is 2.42. The van der Waals surface area contributed by atoms with Gasteiger partial charge in [0.15, 0.2) is 0 Å². The van der Waals surface area contributed by atoms with Crippen molar-refractivity contribution in [2.75, 3.05) is 5.45 Å². The Morgan fingerprint density at radius 3 is 2.88 bits per heavy atom. The van der Waals surface area contributed by atoms with Crippen LogP contribution in [0.3, 0.4) is 0 Å². The molecule has 0 saturated heterocycles. The minimum absolute atomic E-state index is 0.0161. The molecule has 2 aliphatic rings. The summed E-state index contributed by atoms with van der Waals surface area (Å²) in [5.74, 6) is 0.363. The fourth-order valence-corrected chi connectivity index (χ4v) is 3.73. The van der Waals surface area contributed by atoms with Crippen molar-refractivity contribution in [3.63, 3.8) is 0 Å². The van der Waals surface area contributed by atoms with Gasteiger partial charge >= 0.3 is 114 Å². The van der Waals surface area contributed by atoms with Crippen molar-refractivity contribution >= 4 is 31.8 Å². The molecule has 1 heterocycles. The van der Waals surface area contributed by atoms with Crippen LogP contribution >= 0.6 is 15.9 Å². The second-order valence-corrected chi connectivity index (χ2v) is 6.32. The normalized spacial score (nSPS) is 33.2. The van der Waals surface area contributed by atoms with E-state index in [1.165, 1.54) is 19.4 Å². The number of carbonyl (C=O) groups excluding carboxylic acids is 1. The Bertz CT molecular complexity index is 359. The van der Waals surface area contributed by atoms with Crippen molar-refractivity contribution < 1.29 is 29.3 Å². The van der Waals surface area contributed by atoms with Gasteiger partial charge in [-0.2, -0.15) is 0 Å². The molecule has 16 heavy (non-hydrogen) atoms. The van der Waals surface area contributed by atoms with Crippen LogP contribution < -0.4 is 10.4 Å². The van der Waals surface area contributed by atoms with Crippen LogP contribution in [0.25, 0.3) is 0 Å². The predicted octanol–water partition coefficient (Wildman–Crippen LogP) is -0.0634. The van der Waals surface area contributed by atoms with Crippen molar-refractivity contribution in [3.8, 4) is 0 Å². The number of hydrogen-bond acceptors (Lipinski definition) is 3. The molecule has 4 nitrogen and oxygen atoms in total. The third kappa shape index (κ3) is 2.45. The molecule has 3 unspecified atom stereocenters. The summed E-state index contributed by atoms with van der Waals surface area (Å²) < 4.78 is 0.984. The van der Waals surface area contributed by atoms with Gasteiger partial charge in [-0.1, -0.05) is 0 Å². The van der Waals surface area contributed by atoms with Crippen molar-refractivity contribution in [2.24, 2.45) is 22.7 Å². The van der Waals surface area contributed by atoms with Crippen LogP contribution in [0.15, 0.2) is 4.99 Å². The maximum absolute atomic E-state index is 11.8. The first-order valence-corrected chi connectivity index (χ1v) is 7.83. The molecule has 3 atom stereocenters. The predicted molar refractivity (Wildman–Crippen MR) is 58.7 cm³/mol. The van der Waals surface area contributed by atoms with Crippen LogP contribution in [-0.2, 0) is 24.1 Å². The number of halogens is 1. The van der Waals surface area contributed by atoms with Gasteiger partial charge < -0.3 is 0 Å². The number of amides is 1. The molecule has 0 aromatic heterocycles. The Labute approximate surface area is 113 Å². The Hall–Kier alpha value is -0.0217. The number of rotatable bonds is 2. The first-order chi connectivity index (χ1) is 7.61. The van der Waals surface area contributed by atoms with Gasteiger partial charge in [0, 0.05) is 0 Å². The van der Waals surface area contributed by atoms with E-state index in [9.17, 15) is 9.90 Å². The van der Waals surface area contributed by atoms with Gasteiger partial charge in [-0.05, 0) is 0 Å². The van der Waals surface area contributed by atoms with Crippen LogP contribution in [0, 0.1) is 17.8 Å². The molecule has 6 heteroatoms. The first-order valence-electron chi connectivity index (χ1n) is 5.25. The zero-order chi connectivity index (χ0) is 11.7. The summed E-state index contributed by atoms with van der Waals surface area (Å²) in [5.41, 5.74) is 0.476. The molecule has 1 fully saturated rings. The number of alkyl halides is 1. The molecule has 1 saturated carbocycles. The van der Waals surface area contributed by atoms with E-state index in [1.807, 2.05) is 0 Å². The van der Waals surface area contributed by atoms with E-state index in [2.05, 4.69) is 26.2 Å². The van der Waals surface area contributed by atoms with Crippen LogP contribution in [0.5, 0.6) is 0 Å². The standard InChI is InChI=1S/C10H13BrN2O2.W/c11-5-13-10(15)8-2-6-1-7(3-8)9(14)12-4-6;/h6-8,14H,1-3,5H2,(H,13,15);/p-1. The number of nitrogens with zero attached hydrogens (tertiary/aromatic N) is 1. The van der Waals surface area contributed by atoms with E-state index < -0.39 is 0 Å². The third-order valence-corrected chi connectivity index (χ3v) is 5.04. The molecule has 0 aromatic rings. The molecule has 88 valence electrons. The molecule has 0 aromatic carbocycles. The van der Waals surface area contributed by atoms with Crippen LogP contribution in [0.1, 0.15) is 19.3 Å². The maximum atomic E-state index is 11.8. The van der Waals surface area contributed by atoms with Gasteiger partial charge in [-0.15, -0.1) is 0 Å². The monoisotopic (exact) mass is 455 g/mol. The average Bonchev–Trinajstić information content (AvgIpc) is 2.27. The van der Waals surface area contributed by atoms with E-state index >= 15 is 0 Å². The molecule has 1 aliphatic carbocycles. The first kappa shape index (κ1) is 12.4. The summed E-state index contributed by atoms with van der Waals surface area (Å²) >= 11 is 4.44. The SMILES string of the molecule is O=C(NCBr)C1CC2CC(C1)C([O-])=N[C]2=[W]. The average molecular weight is 456 g/mol. The van der Waals surface area contributed by atoms with Crippen molar-refractivity contribution in [1.82, 2.24) is 5.32 Å². The van der Waals surface area contributed by atoms with Crippen LogP contribution in [0.2, 0.25) is 0 Å². The summed E-state index contributed by atoms with van der Waals surface area (Å²) in [7, 11) is 0. The minimum atomic E-state index is -0.0204. The Morgan fingerprint density at radius 2 is 2.19 bits per heavy atom. The van der Waals surface area contributed by atoms with Crippen molar-refractivity contribution in [2.45, 2.75) is 19.3 Å². The molecular formula is C10H12BrN2O2W-. The number of nitrogens with one attached hydrogen (secondary N) is 1. The van der Waals surface area contributed by atoms with Gasteiger partial charge in [-0.25, -0.2) is 0 Å². The van der Waals surface area contributed by atoms with Gasteiger partial charge in [0.2, 0.25) is 0 Å². The zero-order valence-corrected chi connectivity index (χ0v) is 13.1. The summed E-state index contributed by atoms with van der Waals surface area (Å²) in [6.45, 7) is 0. The number of hydrogen-bond donors (Lipinski definition) is 1. The molecule has 0 radical (unpaired) electrons. The Balaban J connectivity index is 2.11. The molecule has 2 rings (SSSR count). The molecule has 1 aliphatic heterocycles. The van der Waals surface area contributed by atoms with Gasteiger partial charge in [-0.3, -0.25) is 0 Å². The van der Waals surface area contributed by atoms with Gasteiger partial charge in [0.1, 0.15) is 0 Å². The summed E-state index contributed by atoms with van der Waals surface area (Å²) in [6, 6.07) is 0. The summed E-state index contributed by atoms with van der Waals surface area (Å²) in [4.78, 5) is 15.8. The molecule has 0 spiro atoms. The van der Waals surface area contributed by atoms with E-state index in [0.29, 0.717) is 17.8 Å². The van der Waals surface area contributed by atoms with Crippen molar-refractivity contribution in [3.05, 3.63) is 0 Å². The fourth-order valence-electron chi connectivity index (χ4n) is 2.44. The second kappa shape index (κ2) is 5.09. The third-order valence-electron chi connectivity index (χ3n) is 3.24. The number of fused-ring (bicyclic) bond motifs is 2. The second-order valence-electron chi connectivity index (χ2n) is 4.26. The van der Waals surface area contributed by atoms with Crippen LogP contribution in [-0.4, -0.2) is 21.3 Å². The van der Waals surface area contributed by atoms with Gasteiger partial charge in [0.05, 0.1) is 0 Å². The molecule has 1 N–H and O–H groups in total. The van der Waals surface area contributed by atoms with Gasteiger partial charge in [0.25, 0.3) is 0 Å². The topological polar surface area (TPSA) is 64.5 Å². The molecular weight excluding hydrogens is 444 g/mol. The fraction of sp³-hybridized carbons (Fsp3) is 0.700. The van der Waals surface area contributed by atoms with E-state index in [4.69, 9.17) is 0 Å². The van der Waals surface area contributed by atoms with Crippen molar-refractivity contribution in [1.29, 1.82) is 0 Å². The zero-order valence-electron chi connectivity index (χ0n) is 8.61. The summed E-state index contributed by atoms with van der Waals surface area (Å²) in [5, 5.41) is 14.4. The Kier molecular flexibility index (Phi) is 3.96. The Morgan fingerprint density at radius 1 is 1.50 bits per heavy atom. The van der Waals surface area contributed by atoms with E-state index in [-0.39, 0.29) is 23.6 Å². The molecule has 2 bridgehead atoms.